The maximum Gasteiger partial charge on any atom is 0.228 e. The lowest BCUT2D eigenvalue weighted by Crippen LogP contribution is -2.22. The molecule has 0 spiro atoms. The molecule has 1 amide bonds. The molecule has 1 atom stereocenters. The minimum atomic E-state index is -0.0110. The fourth-order valence-corrected chi connectivity index (χ4v) is 3.57. The van der Waals surface area contributed by atoms with Gasteiger partial charge in [-0.2, -0.15) is 0 Å². The van der Waals surface area contributed by atoms with Crippen LogP contribution < -0.4 is 10.2 Å². The molecule has 5 heteroatoms. The number of nitrogens with one attached hydrogen (secondary N) is 2. The second-order valence-electron chi connectivity index (χ2n) is 6.72. The Morgan fingerprint density at radius 3 is 2.81 bits per heavy atom. The van der Waals surface area contributed by atoms with Crippen molar-refractivity contribution in [3.8, 4) is 0 Å². The van der Waals surface area contributed by atoms with Crippen molar-refractivity contribution in [2.75, 3.05) is 30.4 Å². The van der Waals surface area contributed by atoms with Crippen molar-refractivity contribution in [1.29, 1.82) is 0 Å². The van der Waals surface area contributed by atoms with Crippen molar-refractivity contribution >= 4 is 28.2 Å². The van der Waals surface area contributed by atoms with Gasteiger partial charge in [0.05, 0.1) is 12.5 Å². The number of amides is 1. The lowest BCUT2D eigenvalue weighted by Gasteiger charge is -2.18. The predicted octanol–water partition coefficient (Wildman–Crippen LogP) is 3.57. The number of aromatic nitrogens is 1. The number of para-hydroxylation sites is 1. The summed E-state index contributed by atoms with van der Waals surface area (Å²) >= 11 is 0. The Balaban J connectivity index is 1.39. The molecule has 0 saturated carbocycles. The molecule has 2 N–H and O–H groups in total. The van der Waals surface area contributed by atoms with Gasteiger partial charge in [0.15, 0.2) is 0 Å². The molecule has 2 aromatic carbocycles. The van der Waals surface area contributed by atoms with Crippen LogP contribution in [0.1, 0.15) is 12.0 Å². The minimum absolute atomic E-state index is 0.0110. The minimum Gasteiger partial charge on any atom is -0.380 e. The van der Waals surface area contributed by atoms with Crippen LogP contribution in [0.2, 0.25) is 0 Å². The Kier molecular flexibility index (Phi) is 4.63. The molecule has 2 heterocycles. The Labute approximate surface area is 153 Å². The molecule has 4 rings (SSSR count). The van der Waals surface area contributed by atoms with Gasteiger partial charge < -0.3 is 19.9 Å². The van der Waals surface area contributed by atoms with E-state index in [4.69, 9.17) is 4.74 Å². The number of fused-ring (bicyclic) bond motifs is 1. The van der Waals surface area contributed by atoms with E-state index in [9.17, 15) is 4.79 Å². The maximum absolute atomic E-state index is 12.4. The second kappa shape index (κ2) is 7.22. The number of nitrogens with zero attached hydrogens (tertiary/aromatic N) is 1. The lowest BCUT2D eigenvalue weighted by atomic mass is 10.1. The Bertz CT molecular complexity index is 901. The number of hydrogen-bond donors (Lipinski definition) is 2. The number of H-pyrrole nitrogens is 1. The first-order valence-corrected chi connectivity index (χ1v) is 8.95. The first kappa shape index (κ1) is 16.7. The summed E-state index contributed by atoms with van der Waals surface area (Å²) in [5.74, 6) is -0.0110. The Morgan fingerprint density at radius 1 is 1.23 bits per heavy atom. The van der Waals surface area contributed by atoms with Gasteiger partial charge in [0, 0.05) is 48.7 Å². The smallest absolute Gasteiger partial charge is 0.228 e. The van der Waals surface area contributed by atoms with E-state index in [2.05, 4.69) is 27.3 Å². The van der Waals surface area contributed by atoms with Gasteiger partial charge in [-0.1, -0.05) is 18.2 Å². The van der Waals surface area contributed by atoms with Crippen molar-refractivity contribution in [1.82, 2.24) is 4.98 Å². The predicted molar refractivity (Wildman–Crippen MR) is 105 cm³/mol. The molecule has 1 aromatic heterocycles. The fourth-order valence-electron chi connectivity index (χ4n) is 3.57. The molecule has 1 fully saturated rings. The summed E-state index contributed by atoms with van der Waals surface area (Å²) < 4.78 is 5.42. The van der Waals surface area contributed by atoms with E-state index < -0.39 is 0 Å². The normalized spacial score (nSPS) is 17.0. The summed E-state index contributed by atoms with van der Waals surface area (Å²) in [6.45, 7) is 1.92. The van der Waals surface area contributed by atoms with Gasteiger partial charge in [0.25, 0.3) is 0 Å². The number of carbonyl (C=O) groups excluding carboxylic acids is 1. The topological polar surface area (TPSA) is 57.4 Å². The van der Waals surface area contributed by atoms with Gasteiger partial charge in [-0.05, 0) is 42.3 Å². The van der Waals surface area contributed by atoms with E-state index in [1.165, 1.54) is 5.69 Å². The SMILES string of the molecule is COC1CCN(c2ccc(NC(=O)Cc3c[nH]c4ccccc34)cc2)C1. The highest BCUT2D eigenvalue weighted by atomic mass is 16.5. The largest absolute Gasteiger partial charge is 0.380 e. The zero-order valence-corrected chi connectivity index (χ0v) is 14.9. The third kappa shape index (κ3) is 3.44. The standard InChI is InChI=1S/C21H23N3O2/c1-26-18-10-11-24(14-18)17-8-6-16(7-9-17)23-21(25)12-15-13-22-20-5-3-2-4-19(15)20/h2-9,13,18,22H,10-12,14H2,1H3,(H,23,25). The molecular formula is C21H23N3O2. The molecule has 3 aromatic rings. The van der Waals surface area contributed by atoms with Crippen LogP contribution in [0, 0.1) is 0 Å². The first-order valence-electron chi connectivity index (χ1n) is 8.95. The number of benzene rings is 2. The van der Waals surface area contributed by atoms with Crippen LogP contribution in [0.4, 0.5) is 11.4 Å². The molecule has 1 aliphatic heterocycles. The number of hydrogen-bond acceptors (Lipinski definition) is 3. The van der Waals surface area contributed by atoms with Crippen LogP contribution in [0.3, 0.4) is 0 Å². The second-order valence-corrected chi connectivity index (χ2v) is 6.72. The molecule has 0 aliphatic carbocycles. The Morgan fingerprint density at radius 2 is 2.04 bits per heavy atom. The van der Waals surface area contributed by atoms with Crippen LogP contribution >= 0.6 is 0 Å². The van der Waals surface area contributed by atoms with Crippen LogP contribution in [-0.2, 0) is 16.0 Å². The van der Waals surface area contributed by atoms with Gasteiger partial charge in [-0.25, -0.2) is 0 Å². The summed E-state index contributed by atoms with van der Waals surface area (Å²) in [5.41, 5.74) is 4.05. The van der Waals surface area contributed by atoms with Crippen LogP contribution in [0.25, 0.3) is 10.9 Å². The van der Waals surface area contributed by atoms with Crippen molar-refractivity contribution in [3.05, 3.63) is 60.3 Å². The van der Waals surface area contributed by atoms with Crippen molar-refractivity contribution in [2.45, 2.75) is 18.9 Å². The number of anilines is 2. The molecule has 26 heavy (non-hydrogen) atoms. The highest BCUT2D eigenvalue weighted by molar-refractivity contribution is 5.95. The van der Waals surface area contributed by atoms with Crippen LogP contribution in [-0.4, -0.2) is 37.2 Å². The van der Waals surface area contributed by atoms with Crippen molar-refractivity contribution in [3.63, 3.8) is 0 Å². The summed E-state index contributed by atoms with van der Waals surface area (Å²) in [6.07, 6.45) is 3.63. The summed E-state index contributed by atoms with van der Waals surface area (Å²) in [7, 11) is 1.76. The first-order chi connectivity index (χ1) is 12.7. The van der Waals surface area contributed by atoms with Gasteiger partial charge in [0.1, 0.15) is 0 Å². The lowest BCUT2D eigenvalue weighted by molar-refractivity contribution is -0.115. The quantitative estimate of drug-likeness (QED) is 0.740. The summed E-state index contributed by atoms with van der Waals surface area (Å²) in [6, 6.07) is 16.1. The molecular weight excluding hydrogens is 326 g/mol. The van der Waals surface area contributed by atoms with Crippen LogP contribution in [0.15, 0.2) is 54.7 Å². The maximum atomic E-state index is 12.4. The van der Waals surface area contributed by atoms with E-state index in [0.717, 1.165) is 41.7 Å². The monoisotopic (exact) mass is 349 g/mol. The van der Waals surface area contributed by atoms with Gasteiger partial charge in [-0.3, -0.25) is 4.79 Å². The van der Waals surface area contributed by atoms with Gasteiger partial charge in [0.2, 0.25) is 5.91 Å². The van der Waals surface area contributed by atoms with E-state index in [1.807, 2.05) is 42.6 Å². The number of methoxy groups -OCH3 is 1. The summed E-state index contributed by atoms with van der Waals surface area (Å²) in [4.78, 5) is 17.9. The van der Waals surface area contributed by atoms with Crippen molar-refractivity contribution < 1.29 is 9.53 Å². The summed E-state index contributed by atoms with van der Waals surface area (Å²) in [5, 5.41) is 4.08. The molecule has 1 unspecified atom stereocenters. The van der Waals surface area contributed by atoms with E-state index in [0.29, 0.717) is 12.5 Å². The third-order valence-electron chi connectivity index (χ3n) is 5.02. The van der Waals surface area contributed by atoms with E-state index in [1.54, 1.807) is 7.11 Å². The fraction of sp³-hybridized carbons (Fsp3) is 0.286. The number of rotatable bonds is 5. The zero-order chi connectivity index (χ0) is 17.9. The highest BCUT2D eigenvalue weighted by Gasteiger charge is 2.22. The van der Waals surface area contributed by atoms with Crippen LogP contribution in [0.5, 0.6) is 0 Å². The molecule has 0 radical (unpaired) electrons. The molecule has 0 bridgehead atoms. The number of carbonyl (C=O) groups is 1. The van der Waals surface area contributed by atoms with Crippen molar-refractivity contribution in [2.24, 2.45) is 0 Å². The Hall–Kier alpha value is -2.79. The van der Waals surface area contributed by atoms with Gasteiger partial charge in [-0.15, -0.1) is 0 Å². The van der Waals surface area contributed by atoms with E-state index >= 15 is 0 Å². The van der Waals surface area contributed by atoms with E-state index in [-0.39, 0.29) is 5.91 Å². The average molecular weight is 349 g/mol. The highest BCUT2D eigenvalue weighted by Crippen LogP contribution is 2.24. The molecule has 5 nitrogen and oxygen atoms in total. The molecule has 134 valence electrons. The molecule has 1 saturated heterocycles. The average Bonchev–Trinajstić information content (AvgIpc) is 3.30. The molecule has 1 aliphatic rings. The zero-order valence-electron chi connectivity index (χ0n) is 14.9. The number of ether oxygens (including phenoxy) is 1. The van der Waals surface area contributed by atoms with Gasteiger partial charge >= 0.3 is 0 Å². The number of aromatic amines is 1. The third-order valence-corrected chi connectivity index (χ3v) is 5.02.